The van der Waals surface area contributed by atoms with Crippen LogP contribution in [0.4, 0.5) is 26.3 Å². The highest BCUT2D eigenvalue weighted by Crippen LogP contribution is 2.27. The van der Waals surface area contributed by atoms with E-state index in [2.05, 4.69) is 9.44 Å². The summed E-state index contributed by atoms with van der Waals surface area (Å²) in [7, 11) is -6.28. The summed E-state index contributed by atoms with van der Waals surface area (Å²) in [6.45, 7) is 0. The summed E-state index contributed by atoms with van der Waals surface area (Å²) in [5.41, 5.74) is -8.57. The highest BCUT2D eigenvalue weighted by atomic mass is 35.5. The molecular weight excluding hydrogens is 352 g/mol. The molecule has 0 fully saturated rings. The van der Waals surface area contributed by atoms with Gasteiger partial charge in [-0.1, -0.05) is 28.9 Å². The number of hydrogen-bond acceptors (Lipinski definition) is 4. The molecule has 0 radical (unpaired) electrons. The van der Waals surface area contributed by atoms with Gasteiger partial charge in [0.25, 0.3) is 0 Å². The van der Waals surface area contributed by atoms with Crippen LogP contribution in [-0.2, 0) is 14.4 Å². The number of oxime groups is 1. The number of halogens is 7. The Bertz CT molecular complexity index is 635. The molecule has 0 amide bonds. The standard InChI is InChI=1S/C9H4ClF6NO3S/c10-6-3-1-5(2-4-6)7(8(11,12)13)17-20-21(18,19)9(14,15)16/h1-4H/b17-7-. The van der Waals surface area contributed by atoms with E-state index in [9.17, 15) is 34.8 Å². The zero-order valence-electron chi connectivity index (χ0n) is 9.54. The van der Waals surface area contributed by atoms with Gasteiger partial charge in [0.1, 0.15) is 0 Å². The predicted molar refractivity (Wildman–Crippen MR) is 60.1 cm³/mol. The fraction of sp³-hybridized carbons (Fsp3) is 0.222. The van der Waals surface area contributed by atoms with Crippen molar-refractivity contribution in [3.8, 4) is 0 Å². The third kappa shape index (κ3) is 4.49. The maximum atomic E-state index is 12.7. The van der Waals surface area contributed by atoms with Crippen LogP contribution < -0.4 is 0 Å². The van der Waals surface area contributed by atoms with Crippen molar-refractivity contribution < 1.29 is 39.0 Å². The van der Waals surface area contributed by atoms with Crippen molar-refractivity contribution in [3.05, 3.63) is 34.9 Å². The fourth-order valence-electron chi connectivity index (χ4n) is 1.00. The topological polar surface area (TPSA) is 55.7 Å². The molecule has 0 atom stereocenters. The Morgan fingerprint density at radius 3 is 1.90 bits per heavy atom. The van der Waals surface area contributed by atoms with Crippen LogP contribution in [0.1, 0.15) is 5.56 Å². The number of nitrogens with zero attached hydrogens (tertiary/aromatic N) is 1. The molecule has 0 aliphatic heterocycles. The number of hydrogen-bond donors (Lipinski definition) is 0. The smallest absolute Gasteiger partial charge is 0.261 e. The molecule has 1 aromatic carbocycles. The summed E-state index contributed by atoms with van der Waals surface area (Å²) in [6, 6.07) is 3.60. The van der Waals surface area contributed by atoms with Gasteiger partial charge in [0, 0.05) is 10.6 Å². The molecule has 0 bridgehead atoms. The van der Waals surface area contributed by atoms with Crippen LogP contribution in [0.5, 0.6) is 0 Å². The average molecular weight is 356 g/mol. The van der Waals surface area contributed by atoms with Gasteiger partial charge in [-0.2, -0.15) is 34.8 Å². The molecule has 0 aromatic heterocycles. The molecule has 0 spiro atoms. The zero-order valence-corrected chi connectivity index (χ0v) is 11.1. The lowest BCUT2D eigenvalue weighted by Crippen LogP contribution is -2.28. The van der Waals surface area contributed by atoms with Gasteiger partial charge in [-0.15, -0.1) is 0 Å². The number of alkyl halides is 6. The van der Waals surface area contributed by atoms with E-state index in [0.717, 1.165) is 24.3 Å². The van der Waals surface area contributed by atoms with Gasteiger partial charge in [0.15, 0.2) is 5.71 Å². The van der Waals surface area contributed by atoms with Crippen LogP contribution >= 0.6 is 11.6 Å². The molecule has 0 unspecified atom stereocenters. The summed E-state index contributed by atoms with van der Waals surface area (Å²) in [5, 5.41) is 2.13. The Labute approximate surface area is 119 Å². The van der Waals surface area contributed by atoms with Gasteiger partial charge in [0.05, 0.1) is 0 Å². The van der Waals surface area contributed by atoms with Gasteiger partial charge in [-0.3, -0.25) is 4.28 Å². The summed E-state index contributed by atoms with van der Waals surface area (Å²) in [5.74, 6) is 0. The summed E-state index contributed by atoms with van der Waals surface area (Å²) >= 11 is 5.44. The van der Waals surface area contributed by atoms with E-state index in [1.807, 2.05) is 0 Å². The first-order valence-electron chi connectivity index (χ1n) is 4.75. The highest BCUT2D eigenvalue weighted by Gasteiger charge is 2.49. The number of rotatable bonds is 3. The molecule has 0 aliphatic carbocycles. The largest absolute Gasteiger partial charge is 0.536 e. The second kappa shape index (κ2) is 5.72. The minimum absolute atomic E-state index is 0.0594. The SMILES string of the molecule is O=S(=O)(O/N=C(/c1ccc(Cl)cc1)C(F)(F)F)C(F)(F)F. The molecule has 0 saturated heterocycles. The second-order valence-electron chi connectivity index (χ2n) is 3.42. The predicted octanol–water partition coefficient (Wildman–Crippen LogP) is 3.47. The van der Waals surface area contributed by atoms with E-state index < -0.39 is 33.1 Å². The normalized spacial score (nSPS) is 14.1. The van der Waals surface area contributed by atoms with E-state index in [1.54, 1.807) is 0 Å². The maximum Gasteiger partial charge on any atom is 0.536 e. The van der Waals surface area contributed by atoms with Crippen LogP contribution in [0.25, 0.3) is 0 Å². The second-order valence-corrected chi connectivity index (χ2v) is 5.38. The van der Waals surface area contributed by atoms with E-state index in [-0.39, 0.29) is 5.02 Å². The minimum atomic E-state index is -6.28. The molecule has 4 nitrogen and oxygen atoms in total. The maximum absolute atomic E-state index is 12.7. The third-order valence-corrected chi connectivity index (χ3v) is 2.99. The lowest BCUT2D eigenvalue weighted by Gasteiger charge is -2.11. The van der Waals surface area contributed by atoms with Gasteiger partial charge in [-0.05, 0) is 12.1 Å². The molecule has 12 heteroatoms. The Morgan fingerprint density at radius 2 is 1.52 bits per heavy atom. The van der Waals surface area contributed by atoms with E-state index in [0.29, 0.717) is 0 Å². The molecule has 0 saturated carbocycles. The Morgan fingerprint density at radius 1 is 1.05 bits per heavy atom. The lowest BCUT2D eigenvalue weighted by molar-refractivity contribution is -0.0633. The third-order valence-electron chi connectivity index (χ3n) is 1.90. The Kier molecular flexibility index (Phi) is 4.78. The van der Waals surface area contributed by atoms with Crippen LogP contribution in [0.3, 0.4) is 0 Å². The molecule has 1 rings (SSSR count). The van der Waals surface area contributed by atoms with Crippen LogP contribution in [0.2, 0.25) is 5.02 Å². The van der Waals surface area contributed by atoms with Crippen molar-refractivity contribution in [2.75, 3.05) is 0 Å². The van der Waals surface area contributed by atoms with Crippen molar-refractivity contribution >= 4 is 27.4 Å². The van der Waals surface area contributed by atoms with Gasteiger partial charge < -0.3 is 0 Å². The average Bonchev–Trinajstić information content (AvgIpc) is 2.28. The van der Waals surface area contributed by atoms with Crippen molar-refractivity contribution in [1.29, 1.82) is 0 Å². The molecule has 0 aliphatic rings. The van der Waals surface area contributed by atoms with Crippen molar-refractivity contribution in [2.24, 2.45) is 5.16 Å². The van der Waals surface area contributed by atoms with Gasteiger partial charge in [-0.25, -0.2) is 0 Å². The minimum Gasteiger partial charge on any atom is -0.261 e. The van der Waals surface area contributed by atoms with Crippen molar-refractivity contribution in [1.82, 2.24) is 0 Å². The first kappa shape index (κ1) is 17.6. The van der Waals surface area contributed by atoms with Crippen molar-refractivity contribution in [3.63, 3.8) is 0 Å². The monoisotopic (exact) mass is 355 g/mol. The van der Waals surface area contributed by atoms with E-state index in [1.165, 1.54) is 0 Å². The molecule has 1 aromatic rings. The molecule has 0 heterocycles. The zero-order chi connectivity index (χ0) is 16.5. The fourth-order valence-corrected chi connectivity index (χ4v) is 1.39. The van der Waals surface area contributed by atoms with Crippen LogP contribution in [0.15, 0.2) is 29.4 Å². The van der Waals surface area contributed by atoms with Gasteiger partial charge >= 0.3 is 21.8 Å². The molecule has 118 valence electrons. The Hall–Kier alpha value is -1.49. The van der Waals surface area contributed by atoms with E-state index in [4.69, 9.17) is 11.6 Å². The first-order chi connectivity index (χ1) is 9.34. The quantitative estimate of drug-likeness (QED) is 0.361. The molecular formula is C9H4ClF6NO3S. The Balaban J connectivity index is 3.23. The van der Waals surface area contributed by atoms with Crippen LogP contribution in [-0.4, -0.2) is 25.8 Å². The van der Waals surface area contributed by atoms with Crippen LogP contribution in [0, 0.1) is 0 Å². The first-order valence-corrected chi connectivity index (χ1v) is 6.54. The number of benzene rings is 1. The van der Waals surface area contributed by atoms with Crippen molar-refractivity contribution in [2.45, 2.75) is 11.7 Å². The lowest BCUT2D eigenvalue weighted by atomic mass is 10.1. The molecule has 21 heavy (non-hydrogen) atoms. The van der Waals surface area contributed by atoms with E-state index >= 15 is 0 Å². The summed E-state index contributed by atoms with van der Waals surface area (Å²) in [6.07, 6.45) is -5.24. The highest BCUT2D eigenvalue weighted by molar-refractivity contribution is 7.87. The summed E-state index contributed by atoms with van der Waals surface area (Å²) in [4.78, 5) is 0. The van der Waals surface area contributed by atoms with Gasteiger partial charge in [0.2, 0.25) is 0 Å². The summed E-state index contributed by atoms with van der Waals surface area (Å²) < 4.78 is 97.9. The molecule has 0 N–H and O–H groups in total.